The molecule has 0 spiro atoms. The molecule has 0 fully saturated rings. The summed E-state index contributed by atoms with van der Waals surface area (Å²) >= 11 is 0. The molecular formula is C33H46O3Si2. The Morgan fingerprint density at radius 2 is 1.32 bits per heavy atom. The Bertz CT molecular complexity index is 1180. The van der Waals surface area contributed by atoms with E-state index < -0.39 is 22.1 Å². The maximum Gasteiger partial charge on any atom is 0.336 e. The van der Waals surface area contributed by atoms with Gasteiger partial charge in [-0.25, -0.2) is 4.79 Å². The molecule has 0 bridgehead atoms. The zero-order chi connectivity index (χ0) is 27.8. The molecule has 0 unspecified atom stereocenters. The van der Waals surface area contributed by atoms with Crippen LogP contribution >= 0.6 is 0 Å². The fourth-order valence-corrected chi connectivity index (χ4v) is 19.1. The molecule has 1 N–H and O–H groups in total. The van der Waals surface area contributed by atoms with E-state index in [0.29, 0.717) is 5.56 Å². The summed E-state index contributed by atoms with van der Waals surface area (Å²) in [4.78, 5) is 12.0. The van der Waals surface area contributed by atoms with E-state index in [1.807, 2.05) is 18.2 Å². The van der Waals surface area contributed by atoms with E-state index >= 15 is 0 Å². The Morgan fingerprint density at radius 1 is 0.737 bits per heavy atom. The number of carboxylic acid groups (broad SMARTS) is 1. The zero-order valence-corrected chi connectivity index (χ0v) is 26.3. The zero-order valence-electron chi connectivity index (χ0n) is 24.3. The number of hydrogen-bond acceptors (Lipinski definition) is 2. The van der Waals surface area contributed by atoms with Gasteiger partial charge in [0.15, 0.2) is 0 Å². The molecule has 204 valence electrons. The number of rotatable bonds is 14. The lowest BCUT2D eigenvalue weighted by molar-refractivity contribution is 0.0697. The van der Waals surface area contributed by atoms with Gasteiger partial charge in [0.05, 0.1) is 12.7 Å². The largest absolute Gasteiger partial charge is 0.497 e. The summed E-state index contributed by atoms with van der Waals surface area (Å²) in [6.45, 7) is 12.6. The summed E-state index contributed by atoms with van der Waals surface area (Å²) in [6, 6.07) is 23.9. The Balaban J connectivity index is 1.59. The second-order valence-corrected chi connectivity index (χ2v) is 24.1. The average molecular weight is 547 g/mol. The summed E-state index contributed by atoms with van der Waals surface area (Å²) in [5.74, 6) is 0.00218. The van der Waals surface area contributed by atoms with Crippen LogP contribution in [0.15, 0.2) is 66.7 Å². The lowest BCUT2D eigenvalue weighted by atomic mass is 9.94. The fourth-order valence-electron chi connectivity index (χ4n) is 5.74. The van der Waals surface area contributed by atoms with E-state index in [2.05, 4.69) is 75.2 Å². The molecule has 0 atom stereocenters. The number of hydrogen-bond donors (Lipinski definition) is 1. The van der Waals surface area contributed by atoms with Crippen LogP contribution < -0.4 is 4.74 Å². The van der Waals surface area contributed by atoms with Crippen molar-refractivity contribution in [2.45, 2.75) is 83.0 Å². The van der Waals surface area contributed by atoms with Crippen LogP contribution in [-0.4, -0.2) is 34.3 Å². The summed E-state index contributed by atoms with van der Waals surface area (Å²) in [6.07, 6.45) is 6.63. The maximum atomic E-state index is 12.0. The van der Waals surface area contributed by atoms with E-state index in [1.54, 1.807) is 13.2 Å². The number of aromatic carboxylic acids is 1. The van der Waals surface area contributed by atoms with Gasteiger partial charge in [-0.2, -0.15) is 0 Å². The lowest BCUT2D eigenvalue weighted by Crippen LogP contribution is -2.37. The van der Waals surface area contributed by atoms with Gasteiger partial charge in [-0.05, 0) is 71.7 Å². The van der Waals surface area contributed by atoms with E-state index in [9.17, 15) is 9.90 Å². The number of carboxylic acids is 1. The van der Waals surface area contributed by atoms with Gasteiger partial charge in [-0.15, -0.1) is 0 Å². The van der Waals surface area contributed by atoms with Crippen molar-refractivity contribution in [3.63, 3.8) is 0 Å². The standard InChI is InChI=1S/C33H46O3Si2/c1-36-30-20-15-27(16-21-30)12-11-26-13-18-29(19-14-26)32-24-28(17-22-31(32)33(34)35)10-8-7-9-23-38(5,6)25-37(2,3)4/h13-22,24H,7-12,23,25H2,1-6H3,(H,34,35). The Hall–Kier alpha value is -2.64. The SMILES string of the molecule is COc1ccc(CCc2ccc(-c3cc(CCCCC[Si](C)(C)C[Si](C)(C)C)ccc3C(=O)O)cc2)cc1. The monoisotopic (exact) mass is 546 g/mol. The van der Waals surface area contributed by atoms with Crippen LogP contribution in [0.2, 0.25) is 44.4 Å². The molecule has 0 heterocycles. The normalized spacial score (nSPS) is 11.9. The van der Waals surface area contributed by atoms with Gasteiger partial charge in [-0.1, -0.05) is 106 Å². The van der Waals surface area contributed by atoms with Crippen molar-refractivity contribution in [2.24, 2.45) is 0 Å². The van der Waals surface area contributed by atoms with E-state index in [4.69, 9.17) is 4.74 Å². The second-order valence-electron chi connectivity index (χ2n) is 12.7. The van der Waals surface area contributed by atoms with Gasteiger partial charge < -0.3 is 9.84 Å². The average Bonchev–Trinajstić information content (AvgIpc) is 2.86. The first kappa shape index (κ1) is 29.9. The number of ether oxygens (including phenoxy) is 1. The predicted molar refractivity (Wildman–Crippen MR) is 167 cm³/mol. The number of carbonyl (C=O) groups is 1. The Kier molecular flexibility index (Phi) is 10.6. The van der Waals surface area contributed by atoms with Crippen molar-refractivity contribution in [3.05, 3.63) is 89.0 Å². The third kappa shape index (κ3) is 9.59. The summed E-state index contributed by atoms with van der Waals surface area (Å²) in [5.41, 5.74) is 7.43. The Morgan fingerprint density at radius 3 is 1.87 bits per heavy atom. The molecule has 0 aliphatic rings. The molecular weight excluding hydrogens is 501 g/mol. The Labute approximate surface area is 232 Å². The van der Waals surface area contributed by atoms with Crippen LogP contribution in [0, 0.1) is 0 Å². The van der Waals surface area contributed by atoms with Crippen molar-refractivity contribution in [3.8, 4) is 16.9 Å². The smallest absolute Gasteiger partial charge is 0.336 e. The van der Waals surface area contributed by atoms with Crippen LogP contribution in [0.1, 0.15) is 46.3 Å². The van der Waals surface area contributed by atoms with Gasteiger partial charge in [-0.3, -0.25) is 0 Å². The molecule has 3 aromatic carbocycles. The minimum absolute atomic E-state index is 0.374. The minimum atomic E-state index is -1.08. The molecule has 0 aromatic heterocycles. The highest BCUT2D eigenvalue weighted by Gasteiger charge is 2.27. The third-order valence-electron chi connectivity index (χ3n) is 7.27. The van der Waals surface area contributed by atoms with Crippen LogP contribution in [0.5, 0.6) is 5.75 Å². The first-order chi connectivity index (χ1) is 18.0. The van der Waals surface area contributed by atoms with Gasteiger partial charge >= 0.3 is 5.97 Å². The first-order valence-corrected chi connectivity index (χ1v) is 21.2. The number of methoxy groups -OCH3 is 1. The van der Waals surface area contributed by atoms with Crippen LogP contribution in [0.25, 0.3) is 11.1 Å². The molecule has 0 amide bonds. The highest BCUT2D eigenvalue weighted by molar-refractivity contribution is 6.94. The first-order valence-electron chi connectivity index (χ1n) is 14.0. The second kappa shape index (κ2) is 13.4. The third-order valence-corrected chi connectivity index (χ3v) is 17.0. The molecule has 0 radical (unpaired) electrons. The highest BCUT2D eigenvalue weighted by atomic mass is 28.4. The fraction of sp³-hybridized carbons (Fsp3) is 0.424. The number of unbranched alkanes of at least 4 members (excludes halogenated alkanes) is 2. The van der Waals surface area contributed by atoms with Gasteiger partial charge in [0.1, 0.15) is 5.75 Å². The molecule has 3 rings (SSSR count). The molecule has 0 aliphatic carbocycles. The lowest BCUT2D eigenvalue weighted by Gasteiger charge is -2.29. The molecule has 3 nitrogen and oxygen atoms in total. The van der Waals surface area contributed by atoms with Crippen LogP contribution in [-0.2, 0) is 19.3 Å². The van der Waals surface area contributed by atoms with Gasteiger partial charge in [0.2, 0.25) is 0 Å². The molecule has 0 saturated heterocycles. The summed E-state index contributed by atoms with van der Waals surface area (Å²) in [7, 11) is -0.387. The minimum Gasteiger partial charge on any atom is -0.497 e. The van der Waals surface area contributed by atoms with Crippen molar-refractivity contribution in [2.75, 3.05) is 7.11 Å². The van der Waals surface area contributed by atoms with Crippen molar-refractivity contribution in [1.29, 1.82) is 0 Å². The number of aryl methyl sites for hydroxylation is 3. The van der Waals surface area contributed by atoms with Gasteiger partial charge in [0, 0.05) is 16.1 Å². The van der Waals surface area contributed by atoms with Crippen LogP contribution in [0.4, 0.5) is 0 Å². The maximum absolute atomic E-state index is 12.0. The number of benzene rings is 3. The molecule has 38 heavy (non-hydrogen) atoms. The quantitative estimate of drug-likeness (QED) is 0.162. The molecule has 5 heteroatoms. The van der Waals surface area contributed by atoms with Crippen molar-refractivity contribution >= 4 is 22.1 Å². The topological polar surface area (TPSA) is 46.5 Å². The van der Waals surface area contributed by atoms with Crippen molar-refractivity contribution in [1.82, 2.24) is 0 Å². The van der Waals surface area contributed by atoms with Gasteiger partial charge in [0.25, 0.3) is 0 Å². The molecule has 3 aromatic rings. The van der Waals surface area contributed by atoms with Crippen molar-refractivity contribution < 1.29 is 14.6 Å². The van der Waals surface area contributed by atoms with E-state index in [1.165, 1.54) is 41.2 Å². The molecule has 0 aliphatic heterocycles. The summed E-state index contributed by atoms with van der Waals surface area (Å²) in [5, 5.41) is 9.82. The predicted octanol–water partition coefficient (Wildman–Crippen LogP) is 9.14. The van der Waals surface area contributed by atoms with E-state index in [-0.39, 0.29) is 0 Å². The van der Waals surface area contributed by atoms with E-state index in [0.717, 1.165) is 42.6 Å². The van der Waals surface area contributed by atoms with Crippen LogP contribution in [0.3, 0.4) is 0 Å². The highest BCUT2D eigenvalue weighted by Crippen LogP contribution is 2.28. The summed E-state index contributed by atoms with van der Waals surface area (Å²) < 4.78 is 5.24. The molecule has 0 saturated carbocycles.